The first-order valence-electron chi connectivity index (χ1n) is 8.30. The predicted molar refractivity (Wildman–Crippen MR) is 100 cm³/mol. The van der Waals surface area contributed by atoms with Crippen LogP contribution in [0.5, 0.6) is 5.75 Å². The lowest BCUT2D eigenvalue weighted by Gasteiger charge is -2.13. The van der Waals surface area contributed by atoms with Crippen molar-refractivity contribution >= 4 is 23.2 Å². The van der Waals surface area contributed by atoms with E-state index in [1.807, 2.05) is 45.0 Å². The Kier molecular flexibility index (Phi) is 6.17. The van der Waals surface area contributed by atoms with E-state index in [0.29, 0.717) is 17.8 Å². The molecule has 2 amide bonds. The van der Waals surface area contributed by atoms with Crippen molar-refractivity contribution in [1.82, 2.24) is 0 Å². The van der Waals surface area contributed by atoms with E-state index < -0.39 is 0 Å². The molecule has 0 radical (unpaired) electrons. The Morgan fingerprint density at radius 1 is 0.920 bits per heavy atom. The average molecular weight is 340 g/mol. The highest BCUT2D eigenvalue weighted by atomic mass is 16.5. The Hall–Kier alpha value is -2.82. The molecule has 0 saturated heterocycles. The molecule has 0 aliphatic rings. The van der Waals surface area contributed by atoms with Crippen LogP contribution < -0.4 is 15.4 Å². The Morgan fingerprint density at radius 2 is 1.60 bits per heavy atom. The second-order valence-corrected chi connectivity index (χ2v) is 5.99. The number of amides is 2. The number of carbonyl (C=O) groups excluding carboxylic acids is 2. The normalized spacial score (nSPS) is 10.2. The molecule has 2 N–H and O–H groups in total. The maximum atomic E-state index is 12.2. The van der Waals surface area contributed by atoms with Crippen LogP contribution in [0.3, 0.4) is 0 Å². The number of carbonyl (C=O) groups is 2. The highest BCUT2D eigenvalue weighted by Crippen LogP contribution is 2.23. The van der Waals surface area contributed by atoms with Crippen molar-refractivity contribution < 1.29 is 14.3 Å². The summed E-state index contributed by atoms with van der Waals surface area (Å²) in [6.45, 7) is 7.52. The van der Waals surface area contributed by atoms with Gasteiger partial charge in [-0.2, -0.15) is 0 Å². The number of benzene rings is 2. The Bertz CT molecular complexity index is 764. The lowest BCUT2D eigenvalue weighted by Crippen LogP contribution is -2.21. The molecule has 0 spiro atoms. The van der Waals surface area contributed by atoms with Crippen molar-refractivity contribution in [2.24, 2.45) is 0 Å². The lowest BCUT2D eigenvalue weighted by atomic mass is 10.1. The number of para-hydroxylation sites is 1. The summed E-state index contributed by atoms with van der Waals surface area (Å²) < 4.78 is 5.66. The second-order valence-electron chi connectivity index (χ2n) is 5.99. The fraction of sp³-hybridized carbons (Fsp3) is 0.300. The molecule has 5 nitrogen and oxygen atoms in total. The predicted octanol–water partition coefficient (Wildman–Crippen LogP) is 3.98. The summed E-state index contributed by atoms with van der Waals surface area (Å²) in [6.07, 6.45) is 0.402. The van der Waals surface area contributed by atoms with Crippen molar-refractivity contribution in [3.05, 3.63) is 53.1 Å². The van der Waals surface area contributed by atoms with Gasteiger partial charge in [-0.3, -0.25) is 9.59 Å². The summed E-state index contributed by atoms with van der Waals surface area (Å²) in [5, 5.41) is 5.62. The summed E-state index contributed by atoms with van der Waals surface area (Å²) in [5.74, 6) is 0.418. The molecule has 0 aliphatic heterocycles. The van der Waals surface area contributed by atoms with Crippen LogP contribution in [0.4, 0.5) is 11.4 Å². The first kappa shape index (κ1) is 18.5. The Labute approximate surface area is 148 Å². The molecule has 0 atom stereocenters. The van der Waals surface area contributed by atoms with Crippen LogP contribution in [-0.4, -0.2) is 18.4 Å². The molecule has 0 unspecified atom stereocenters. The van der Waals surface area contributed by atoms with Gasteiger partial charge in [0.15, 0.2) is 6.61 Å². The number of nitrogens with one attached hydrogen (secondary N) is 2. The zero-order chi connectivity index (χ0) is 18.4. The van der Waals surface area contributed by atoms with Gasteiger partial charge in [0.1, 0.15) is 5.75 Å². The topological polar surface area (TPSA) is 67.4 Å². The van der Waals surface area contributed by atoms with Crippen LogP contribution >= 0.6 is 0 Å². The number of rotatable bonds is 6. The summed E-state index contributed by atoms with van der Waals surface area (Å²) in [5.41, 5.74) is 4.24. The summed E-state index contributed by atoms with van der Waals surface area (Å²) in [7, 11) is 0. The first-order valence-corrected chi connectivity index (χ1v) is 8.30. The van der Waals surface area contributed by atoms with E-state index in [4.69, 9.17) is 4.74 Å². The monoisotopic (exact) mass is 340 g/mol. The van der Waals surface area contributed by atoms with Gasteiger partial charge in [0, 0.05) is 17.8 Å². The van der Waals surface area contributed by atoms with E-state index in [2.05, 4.69) is 10.6 Å². The summed E-state index contributed by atoms with van der Waals surface area (Å²) >= 11 is 0. The third-order valence-corrected chi connectivity index (χ3v) is 3.87. The quantitative estimate of drug-likeness (QED) is 0.836. The molecule has 0 aromatic heterocycles. The van der Waals surface area contributed by atoms with Gasteiger partial charge in [0.25, 0.3) is 5.91 Å². The highest BCUT2D eigenvalue weighted by Gasteiger charge is 2.09. The van der Waals surface area contributed by atoms with Gasteiger partial charge in [-0.25, -0.2) is 0 Å². The number of ether oxygens (including phenoxy) is 1. The van der Waals surface area contributed by atoms with Crippen LogP contribution in [0.25, 0.3) is 0 Å². The van der Waals surface area contributed by atoms with E-state index in [1.165, 1.54) is 0 Å². The molecule has 0 aliphatic carbocycles. The SMILES string of the molecule is CCC(=O)Nc1cc(NC(=O)COc2c(C)cccc2C)ccc1C. The number of anilines is 2. The molecule has 5 heteroatoms. The Balaban J connectivity index is 2.01. The largest absolute Gasteiger partial charge is 0.483 e. The fourth-order valence-corrected chi connectivity index (χ4v) is 2.43. The highest BCUT2D eigenvalue weighted by molar-refractivity contribution is 5.95. The van der Waals surface area contributed by atoms with Crippen molar-refractivity contribution in [2.45, 2.75) is 34.1 Å². The zero-order valence-electron chi connectivity index (χ0n) is 15.1. The molecular formula is C20H24N2O3. The van der Waals surface area contributed by atoms with Crippen LogP contribution in [0, 0.1) is 20.8 Å². The standard InChI is InChI=1S/C20H24N2O3/c1-5-18(23)22-17-11-16(10-9-13(17)2)21-19(24)12-25-20-14(3)7-6-8-15(20)4/h6-11H,5,12H2,1-4H3,(H,21,24)(H,22,23). The molecule has 132 valence electrons. The molecule has 2 aromatic rings. The van der Waals surface area contributed by atoms with E-state index in [9.17, 15) is 9.59 Å². The molecule has 0 saturated carbocycles. The van der Waals surface area contributed by atoms with Gasteiger partial charge in [-0.05, 0) is 49.6 Å². The minimum absolute atomic E-state index is 0.0649. The van der Waals surface area contributed by atoms with Crippen molar-refractivity contribution in [3.8, 4) is 5.75 Å². The smallest absolute Gasteiger partial charge is 0.262 e. The zero-order valence-corrected chi connectivity index (χ0v) is 15.1. The molecule has 0 fully saturated rings. The lowest BCUT2D eigenvalue weighted by molar-refractivity contribution is -0.118. The van der Waals surface area contributed by atoms with Crippen LogP contribution in [-0.2, 0) is 9.59 Å². The van der Waals surface area contributed by atoms with Crippen LogP contribution in [0.1, 0.15) is 30.0 Å². The molecule has 2 rings (SSSR count). The minimum Gasteiger partial charge on any atom is -0.483 e. The van der Waals surface area contributed by atoms with E-state index in [1.54, 1.807) is 19.1 Å². The number of hydrogen-bond donors (Lipinski definition) is 2. The number of aryl methyl sites for hydroxylation is 3. The third-order valence-electron chi connectivity index (χ3n) is 3.87. The average Bonchev–Trinajstić information content (AvgIpc) is 2.57. The maximum absolute atomic E-state index is 12.2. The van der Waals surface area contributed by atoms with Gasteiger partial charge < -0.3 is 15.4 Å². The van der Waals surface area contributed by atoms with E-state index in [-0.39, 0.29) is 18.4 Å². The minimum atomic E-state index is -0.251. The van der Waals surface area contributed by atoms with E-state index in [0.717, 1.165) is 22.4 Å². The van der Waals surface area contributed by atoms with Gasteiger partial charge in [-0.1, -0.05) is 31.2 Å². The van der Waals surface area contributed by atoms with Crippen molar-refractivity contribution in [1.29, 1.82) is 0 Å². The first-order chi connectivity index (χ1) is 11.9. The maximum Gasteiger partial charge on any atom is 0.262 e. The fourth-order valence-electron chi connectivity index (χ4n) is 2.43. The van der Waals surface area contributed by atoms with Gasteiger partial charge in [0.2, 0.25) is 5.91 Å². The van der Waals surface area contributed by atoms with Crippen molar-refractivity contribution in [2.75, 3.05) is 17.2 Å². The summed E-state index contributed by atoms with van der Waals surface area (Å²) in [6, 6.07) is 11.3. The number of hydrogen-bond acceptors (Lipinski definition) is 3. The molecule has 0 bridgehead atoms. The molecular weight excluding hydrogens is 316 g/mol. The molecule has 2 aromatic carbocycles. The van der Waals surface area contributed by atoms with E-state index >= 15 is 0 Å². The second kappa shape index (κ2) is 8.33. The summed E-state index contributed by atoms with van der Waals surface area (Å²) in [4.78, 5) is 23.7. The van der Waals surface area contributed by atoms with Gasteiger partial charge in [0.05, 0.1) is 0 Å². The van der Waals surface area contributed by atoms with Crippen LogP contribution in [0.2, 0.25) is 0 Å². The third kappa shape index (κ3) is 5.08. The molecule has 25 heavy (non-hydrogen) atoms. The van der Waals surface area contributed by atoms with Crippen molar-refractivity contribution in [3.63, 3.8) is 0 Å². The van der Waals surface area contributed by atoms with Gasteiger partial charge >= 0.3 is 0 Å². The van der Waals surface area contributed by atoms with Gasteiger partial charge in [-0.15, -0.1) is 0 Å². The Morgan fingerprint density at radius 3 is 2.24 bits per heavy atom. The van der Waals surface area contributed by atoms with Crippen LogP contribution in [0.15, 0.2) is 36.4 Å². The molecule has 0 heterocycles.